The number of nitrogens with one attached hydrogen (secondary N) is 1. The summed E-state index contributed by atoms with van der Waals surface area (Å²) in [7, 11) is 3.32. The monoisotopic (exact) mass is 340 g/mol. The highest BCUT2D eigenvalue weighted by Crippen LogP contribution is 2.20. The smallest absolute Gasteiger partial charge is 0.274 e. The van der Waals surface area contributed by atoms with Crippen molar-refractivity contribution in [1.29, 1.82) is 0 Å². The topological polar surface area (TPSA) is 94.7 Å². The average molecular weight is 340 g/mol. The third kappa shape index (κ3) is 3.02. The fourth-order valence-electron chi connectivity index (χ4n) is 2.79. The summed E-state index contributed by atoms with van der Waals surface area (Å²) in [6.07, 6.45) is 1.46. The highest BCUT2D eigenvalue weighted by atomic mass is 16.2. The number of hydrogen-bond acceptors (Lipinski definition) is 5. The Bertz CT molecular complexity index is 988. The standard InChI is InChI=1S/C17H20N6O2/c1-10(2)13(15-18-9-19-22(15)3)20-16(24)14-11-7-5-6-8-12(11)17(25)23(4)21-14/h5-10,13H,1-4H3,(H,20,24)/t13-/m0/s1. The normalized spacial score (nSPS) is 12.5. The van der Waals surface area contributed by atoms with Crippen molar-refractivity contribution >= 4 is 16.7 Å². The van der Waals surface area contributed by atoms with Crippen molar-refractivity contribution in [3.63, 3.8) is 0 Å². The van der Waals surface area contributed by atoms with E-state index < -0.39 is 0 Å². The average Bonchev–Trinajstić information content (AvgIpc) is 3.01. The zero-order chi connectivity index (χ0) is 18.1. The second-order valence-electron chi connectivity index (χ2n) is 6.26. The van der Waals surface area contributed by atoms with Gasteiger partial charge in [-0.2, -0.15) is 10.2 Å². The molecule has 0 saturated carbocycles. The minimum absolute atomic E-state index is 0.102. The van der Waals surface area contributed by atoms with Crippen LogP contribution in [0.5, 0.6) is 0 Å². The lowest BCUT2D eigenvalue weighted by Gasteiger charge is -2.21. The summed E-state index contributed by atoms with van der Waals surface area (Å²) in [6.45, 7) is 3.98. The van der Waals surface area contributed by atoms with Crippen molar-refractivity contribution < 1.29 is 4.79 Å². The van der Waals surface area contributed by atoms with E-state index in [2.05, 4.69) is 20.5 Å². The number of amides is 1. The number of hydrogen-bond donors (Lipinski definition) is 1. The fraction of sp³-hybridized carbons (Fsp3) is 0.353. The van der Waals surface area contributed by atoms with Gasteiger partial charge in [0.2, 0.25) is 0 Å². The molecule has 8 nitrogen and oxygen atoms in total. The molecule has 0 aliphatic carbocycles. The minimum Gasteiger partial charge on any atom is -0.340 e. The molecular weight excluding hydrogens is 320 g/mol. The number of rotatable bonds is 4. The van der Waals surface area contributed by atoms with Gasteiger partial charge in [-0.05, 0) is 12.0 Å². The van der Waals surface area contributed by atoms with Gasteiger partial charge in [0.05, 0.1) is 11.4 Å². The first-order valence-corrected chi connectivity index (χ1v) is 8.01. The highest BCUT2D eigenvalue weighted by molar-refractivity contribution is 6.04. The number of carbonyl (C=O) groups excluding carboxylic acids is 1. The van der Waals surface area contributed by atoms with Crippen LogP contribution < -0.4 is 10.9 Å². The first kappa shape index (κ1) is 16.8. The Labute approximate surface area is 144 Å². The number of nitrogens with zero attached hydrogens (tertiary/aromatic N) is 5. The molecule has 0 bridgehead atoms. The lowest BCUT2D eigenvalue weighted by molar-refractivity contribution is 0.0916. The van der Waals surface area contributed by atoms with Gasteiger partial charge >= 0.3 is 0 Å². The van der Waals surface area contributed by atoms with Crippen LogP contribution in [0.3, 0.4) is 0 Å². The maximum absolute atomic E-state index is 12.9. The Morgan fingerprint density at radius 3 is 2.40 bits per heavy atom. The quantitative estimate of drug-likeness (QED) is 0.770. The van der Waals surface area contributed by atoms with Crippen LogP contribution in [0, 0.1) is 5.92 Å². The van der Waals surface area contributed by atoms with E-state index in [1.165, 1.54) is 18.1 Å². The van der Waals surface area contributed by atoms with Crippen LogP contribution >= 0.6 is 0 Å². The molecular formula is C17H20N6O2. The molecule has 0 aliphatic heterocycles. The van der Waals surface area contributed by atoms with Crippen LogP contribution in [-0.2, 0) is 14.1 Å². The molecule has 1 atom stereocenters. The van der Waals surface area contributed by atoms with Crippen LogP contribution in [0.1, 0.15) is 36.2 Å². The van der Waals surface area contributed by atoms with E-state index in [0.717, 1.165) is 0 Å². The van der Waals surface area contributed by atoms with E-state index in [9.17, 15) is 9.59 Å². The molecule has 0 unspecified atom stereocenters. The van der Waals surface area contributed by atoms with E-state index >= 15 is 0 Å². The number of fused-ring (bicyclic) bond motifs is 1. The van der Waals surface area contributed by atoms with Crippen LogP contribution in [-0.4, -0.2) is 30.5 Å². The summed E-state index contributed by atoms with van der Waals surface area (Å²) in [5, 5.41) is 12.2. The van der Waals surface area contributed by atoms with E-state index in [1.807, 2.05) is 13.8 Å². The zero-order valence-electron chi connectivity index (χ0n) is 14.6. The molecule has 2 heterocycles. The van der Waals surface area contributed by atoms with Gasteiger partial charge in [0.1, 0.15) is 12.2 Å². The number of aromatic nitrogens is 5. The van der Waals surface area contributed by atoms with Crippen LogP contribution in [0.4, 0.5) is 0 Å². The van der Waals surface area contributed by atoms with Gasteiger partial charge in [0, 0.05) is 19.5 Å². The molecule has 0 fully saturated rings. The second-order valence-corrected chi connectivity index (χ2v) is 6.26. The molecule has 1 amide bonds. The van der Waals surface area contributed by atoms with E-state index in [4.69, 9.17) is 0 Å². The van der Waals surface area contributed by atoms with Crippen LogP contribution in [0.15, 0.2) is 35.4 Å². The van der Waals surface area contributed by atoms with Gasteiger partial charge in [-0.15, -0.1) is 0 Å². The van der Waals surface area contributed by atoms with Crippen molar-refractivity contribution in [2.24, 2.45) is 20.0 Å². The zero-order valence-corrected chi connectivity index (χ0v) is 14.6. The van der Waals surface area contributed by atoms with Crippen molar-refractivity contribution in [1.82, 2.24) is 29.9 Å². The summed E-state index contributed by atoms with van der Waals surface area (Å²) >= 11 is 0. The molecule has 0 spiro atoms. The summed E-state index contributed by atoms with van der Waals surface area (Å²) < 4.78 is 2.82. The SMILES string of the molecule is CC(C)[C@H](NC(=O)c1nn(C)c(=O)c2ccccc12)c1ncnn1C. The molecule has 3 aromatic rings. The summed E-state index contributed by atoms with van der Waals surface area (Å²) in [4.78, 5) is 29.3. The van der Waals surface area contributed by atoms with Crippen molar-refractivity contribution in [3.8, 4) is 0 Å². The van der Waals surface area contributed by atoms with Gasteiger partial charge < -0.3 is 5.32 Å². The predicted molar refractivity (Wildman–Crippen MR) is 93.0 cm³/mol. The third-order valence-electron chi connectivity index (χ3n) is 4.15. The highest BCUT2D eigenvalue weighted by Gasteiger charge is 2.25. The Morgan fingerprint density at radius 2 is 1.80 bits per heavy atom. The van der Waals surface area contributed by atoms with Crippen molar-refractivity contribution in [3.05, 3.63) is 52.5 Å². The molecule has 8 heteroatoms. The van der Waals surface area contributed by atoms with Gasteiger partial charge in [0.15, 0.2) is 5.69 Å². The third-order valence-corrected chi connectivity index (χ3v) is 4.15. The lowest BCUT2D eigenvalue weighted by Crippen LogP contribution is -2.35. The van der Waals surface area contributed by atoms with Gasteiger partial charge in [0.25, 0.3) is 11.5 Å². The number of carbonyl (C=O) groups is 1. The van der Waals surface area contributed by atoms with Crippen LogP contribution in [0.25, 0.3) is 10.8 Å². The second kappa shape index (κ2) is 6.46. The first-order chi connectivity index (χ1) is 11.9. The largest absolute Gasteiger partial charge is 0.340 e. The number of benzene rings is 1. The summed E-state index contributed by atoms with van der Waals surface area (Å²) in [5.74, 6) is 0.414. The van der Waals surface area contributed by atoms with Gasteiger partial charge in [-0.3, -0.25) is 14.3 Å². The molecule has 25 heavy (non-hydrogen) atoms. The predicted octanol–water partition coefficient (Wildman–Crippen LogP) is 1.19. The summed E-state index contributed by atoms with van der Waals surface area (Å²) in [5.41, 5.74) is -0.0219. The maximum Gasteiger partial charge on any atom is 0.274 e. The first-order valence-electron chi connectivity index (χ1n) is 8.01. The van der Waals surface area contributed by atoms with Gasteiger partial charge in [-0.1, -0.05) is 32.0 Å². The molecule has 1 aromatic carbocycles. The minimum atomic E-state index is -0.353. The lowest BCUT2D eigenvalue weighted by atomic mass is 10.0. The van der Waals surface area contributed by atoms with Crippen molar-refractivity contribution in [2.75, 3.05) is 0 Å². The molecule has 0 radical (unpaired) electrons. The van der Waals surface area contributed by atoms with E-state index in [0.29, 0.717) is 16.6 Å². The molecule has 1 N–H and O–H groups in total. The maximum atomic E-state index is 12.9. The molecule has 0 aliphatic rings. The van der Waals surface area contributed by atoms with Gasteiger partial charge in [-0.25, -0.2) is 9.67 Å². The molecule has 0 saturated heterocycles. The number of aryl methyl sites for hydroxylation is 2. The fourth-order valence-corrected chi connectivity index (χ4v) is 2.79. The van der Waals surface area contributed by atoms with E-state index in [1.54, 1.807) is 36.0 Å². The Kier molecular flexibility index (Phi) is 4.35. The Balaban J connectivity index is 2.04. The van der Waals surface area contributed by atoms with E-state index in [-0.39, 0.29) is 29.1 Å². The molecule has 3 rings (SSSR count). The molecule has 130 valence electrons. The Hall–Kier alpha value is -3.03. The molecule has 2 aromatic heterocycles. The Morgan fingerprint density at radius 1 is 1.12 bits per heavy atom. The van der Waals surface area contributed by atoms with Crippen LogP contribution in [0.2, 0.25) is 0 Å². The van der Waals surface area contributed by atoms with Crippen molar-refractivity contribution in [2.45, 2.75) is 19.9 Å². The summed E-state index contributed by atoms with van der Waals surface area (Å²) in [6, 6.07) is 6.65.